The van der Waals surface area contributed by atoms with Crippen LogP contribution in [0, 0.1) is 20.2 Å². The summed E-state index contributed by atoms with van der Waals surface area (Å²) in [5, 5.41) is 27.4. The van der Waals surface area contributed by atoms with Crippen LogP contribution in [-0.2, 0) is 4.74 Å². The Balaban J connectivity index is 1.80. The van der Waals surface area contributed by atoms with Gasteiger partial charge in [0.15, 0.2) is 10.9 Å². The summed E-state index contributed by atoms with van der Waals surface area (Å²) in [5.41, 5.74) is 0.331. The van der Waals surface area contributed by atoms with Crippen molar-refractivity contribution in [3.63, 3.8) is 0 Å². The van der Waals surface area contributed by atoms with Crippen LogP contribution in [0.25, 0.3) is 0 Å². The molecule has 0 aromatic heterocycles. The monoisotopic (exact) mass is 461 g/mol. The molecule has 0 atom stereocenters. The van der Waals surface area contributed by atoms with Crippen LogP contribution in [0.15, 0.2) is 36.4 Å². The lowest BCUT2D eigenvalue weighted by molar-refractivity contribution is -0.385. The van der Waals surface area contributed by atoms with Gasteiger partial charge in [0.2, 0.25) is 0 Å². The van der Waals surface area contributed by atoms with E-state index in [1.807, 2.05) is 4.90 Å². The minimum Gasteiger partial charge on any atom is -0.490 e. The van der Waals surface area contributed by atoms with E-state index in [1.165, 1.54) is 43.5 Å². The number of nitro groups is 2. The number of methoxy groups -OCH3 is 1. The Morgan fingerprint density at radius 2 is 1.84 bits per heavy atom. The summed E-state index contributed by atoms with van der Waals surface area (Å²) >= 11 is 5.15. The maximum Gasteiger partial charge on any atom is 0.312 e. The van der Waals surface area contributed by atoms with Gasteiger partial charge in [-0.3, -0.25) is 30.3 Å². The summed E-state index contributed by atoms with van der Waals surface area (Å²) in [5.74, 6) is -0.585. The molecule has 0 aliphatic carbocycles. The van der Waals surface area contributed by atoms with Gasteiger partial charge in [0.05, 0.1) is 41.4 Å². The second kappa shape index (κ2) is 9.98. The van der Waals surface area contributed by atoms with Gasteiger partial charge in [-0.2, -0.15) is 0 Å². The number of hydrogen-bond acceptors (Lipinski definition) is 9. The van der Waals surface area contributed by atoms with E-state index in [4.69, 9.17) is 21.7 Å². The largest absolute Gasteiger partial charge is 0.490 e. The molecule has 32 heavy (non-hydrogen) atoms. The molecule has 2 N–H and O–H groups in total. The van der Waals surface area contributed by atoms with Crippen LogP contribution in [0.2, 0.25) is 0 Å². The number of amides is 1. The number of thiocarbonyl (C=S) groups is 1. The molecule has 1 aliphatic heterocycles. The minimum absolute atomic E-state index is 0.0715. The molecule has 1 fully saturated rings. The molecular formula is C19H19N5O7S. The first-order valence-corrected chi connectivity index (χ1v) is 9.77. The zero-order valence-electron chi connectivity index (χ0n) is 16.9. The van der Waals surface area contributed by atoms with E-state index < -0.39 is 15.8 Å². The average Bonchev–Trinajstić information content (AvgIpc) is 2.79. The molecule has 12 nitrogen and oxygen atoms in total. The van der Waals surface area contributed by atoms with Crippen LogP contribution in [0.3, 0.4) is 0 Å². The molecule has 168 valence electrons. The number of nitrogens with zero attached hydrogens (tertiary/aromatic N) is 3. The van der Waals surface area contributed by atoms with E-state index >= 15 is 0 Å². The predicted octanol–water partition coefficient (Wildman–Crippen LogP) is 2.48. The van der Waals surface area contributed by atoms with Crippen LogP contribution in [0.5, 0.6) is 5.75 Å². The summed E-state index contributed by atoms with van der Waals surface area (Å²) in [4.78, 5) is 36.0. The van der Waals surface area contributed by atoms with E-state index in [2.05, 4.69) is 10.6 Å². The summed E-state index contributed by atoms with van der Waals surface area (Å²) < 4.78 is 10.3. The molecule has 1 aliphatic rings. The van der Waals surface area contributed by atoms with Crippen LogP contribution >= 0.6 is 12.2 Å². The van der Waals surface area contributed by atoms with Gasteiger partial charge in [0, 0.05) is 37.0 Å². The molecule has 0 unspecified atom stereocenters. The number of anilines is 2. The highest BCUT2D eigenvalue weighted by Crippen LogP contribution is 2.30. The number of rotatable bonds is 6. The van der Waals surface area contributed by atoms with E-state index in [9.17, 15) is 25.0 Å². The van der Waals surface area contributed by atoms with Gasteiger partial charge in [-0.05, 0) is 30.4 Å². The smallest absolute Gasteiger partial charge is 0.312 e. The third-order valence-electron chi connectivity index (χ3n) is 4.65. The Morgan fingerprint density at radius 1 is 1.12 bits per heavy atom. The normalized spacial score (nSPS) is 13.2. The number of nitro benzene ring substituents is 2. The molecule has 2 aromatic carbocycles. The average molecular weight is 461 g/mol. The van der Waals surface area contributed by atoms with Crippen molar-refractivity contribution in [2.24, 2.45) is 0 Å². The summed E-state index contributed by atoms with van der Waals surface area (Å²) in [7, 11) is 1.31. The highest BCUT2D eigenvalue weighted by molar-refractivity contribution is 7.80. The Labute approximate surface area is 187 Å². The molecule has 0 bridgehead atoms. The fourth-order valence-electron chi connectivity index (χ4n) is 3.14. The lowest BCUT2D eigenvalue weighted by Crippen LogP contribution is -2.39. The zero-order chi connectivity index (χ0) is 23.3. The van der Waals surface area contributed by atoms with Crippen molar-refractivity contribution in [3.05, 3.63) is 62.2 Å². The first-order chi connectivity index (χ1) is 15.3. The summed E-state index contributed by atoms with van der Waals surface area (Å²) in [6.45, 7) is 1.98. The van der Waals surface area contributed by atoms with Gasteiger partial charge in [0.25, 0.3) is 11.6 Å². The molecule has 1 heterocycles. The Morgan fingerprint density at radius 3 is 2.47 bits per heavy atom. The van der Waals surface area contributed by atoms with Crippen molar-refractivity contribution in [2.75, 3.05) is 43.6 Å². The summed E-state index contributed by atoms with van der Waals surface area (Å²) in [6.07, 6.45) is 0. The molecule has 13 heteroatoms. The maximum absolute atomic E-state index is 12.9. The van der Waals surface area contributed by atoms with Crippen molar-refractivity contribution in [3.8, 4) is 5.75 Å². The first kappa shape index (κ1) is 22.8. The zero-order valence-corrected chi connectivity index (χ0v) is 17.7. The van der Waals surface area contributed by atoms with Crippen LogP contribution < -0.4 is 20.3 Å². The van der Waals surface area contributed by atoms with Crippen LogP contribution in [-0.4, -0.2) is 54.3 Å². The fourth-order valence-corrected chi connectivity index (χ4v) is 3.35. The van der Waals surface area contributed by atoms with Crippen LogP contribution in [0.1, 0.15) is 10.4 Å². The SMILES string of the molecule is COc1ccc(NC(=S)NC(=O)c2cc([N+](=O)[O-])ccc2N2CCOCC2)cc1[N+](=O)[O-]. The Bertz CT molecular complexity index is 1070. The van der Waals surface area contributed by atoms with E-state index in [0.29, 0.717) is 32.0 Å². The van der Waals surface area contributed by atoms with Gasteiger partial charge in [-0.15, -0.1) is 0 Å². The van der Waals surface area contributed by atoms with Gasteiger partial charge in [-0.1, -0.05) is 0 Å². The minimum atomic E-state index is -0.657. The van der Waals surface area contributed by atoms with Crippen molar-refractivity contribution in [2.45, 2.75) is 0 Å². The molecule has 1 saturated heterocycles. The molecule has 0 spiro atoms. The highest BCUT2D eigenvalue weighted by Gasteiger charge is 2.23. The lowest BCUT2D eigenvalue weighted by atomic mass is 10.1. The Hall–Kier alpha value is -3.84. The van der Waals surface area contributed by atoms with Crippen molar-refractivity contribution < 1.29 is 24.1 Å². The second-order valence-electron chi connectivity index (χ2n) is 6.61. The molecular weight excluding hydrogens is 442 g/mol. The third kappa shape index (κ3) is 5.25. The number of benzene rings is 2. The molecule has 0 saturated carbocycles. The van der Waals surface area contributed by atoms with E-state index in [0.717, 1.165) is 0 Å². The number of nitrogens with one attached hydrogen (secondary N) is 2. The third-order valence-corrected chi connectivity index (χ3v) is 4.85. The quantitative estimate of drug-likeness (QED) is 0.373. The Kier molecular flexibility index (Phi) is 7.12. The number of ether oxygens (including phenoxy) is 2. The second-order valence-corrected chi connectivity index (χ2v) is 7.02. The summed E-state index contributed by atoms with van der Waals surface area (Å²) in [6, 6.07) is 8.12. The molecule has 2 aromatic rings. The first-order valence-electron chi connectivity index (χ1n) is 9.36. The van der Waals surface area contributed by atoms with Crippen molar-refractivity contribution in [1.82, 2.24) is 5.32 Å². The fraction of sp³-hybridized carbons (Fsp3) is 0.263. The number of non-ortho nitro benzene ring substituents is 1. The predicted molar refractivity (Wildman–Crippen MR) is 119 cm³/mol. The number of carbonyl (C=O) groups is 1. The molecule has 1 amide bonds. The van der Waals surface area contributed by atoms with Gasteiger partial charge in [-0.25, -0.2) is 0 Å². The van der Waals surface area contributed by atoms with Crippen molar-refractivity contribution >= 4 is 46.0 Å². The molecule has 3 rings (SSSR count). The lowest BCUT2D eigenvalue weighted by Gasteiger charge is -2.30. The van der Waals surface area contributed by atoms with Gasteiger partial charge < -0.3 is 19.7 Å². The number of carbonyl (C=O) groups excluding carboxylic acids is 1. The maximum atomic E-state index is 12.9. The van der Waals surface area contributed by atoms with E-state index in [1.54, 1.807) is 0 Å². The van der Waals surface area contributed by atoms with E-state index in [-0.39, 0.29) is 33.5 Å². The topological polar surface area (TPSA) is 149 Å². The van der Waals surface area contributed by atoms with Gasteiger partial charge >= 0.3 is 5.69 Å². The highest BCUT2D eigenvalue weighted by atomic mass is 32.1. The number of morpholine rings is 1. The van der Waals surface area contributed by atoms with Crippen LogP contribution in [0.4, 0.5) is 22.7 Å². The standard InChI is InChI=1S/C19H19N5O7S/c1-30-17-5-2-12(10-16(17)24(28)29)20-19(32)21-18(25)14-11-13(23(26)27)3-4-15(14)22-6-8-31-9-7-22/h2-5,10-11H,6-9H2,1H3,(H2,20,21,25,32). The number of hydrogen-bond donors (Lipinski definition) is 2. The van der Waals surface area contributed by atoms with Crippen molar-refractivity contribution in [1.29, 1.82) is 0 Å². The molecule has 0 radical (unpaired) electrons. The van der Waals surface area contributed by atoms with Gasteiger partial charge in [0.1, 0.15) is 0 Å².